The fourth-order valence-electron chi connectivity index (χ4n) is 2.57. The summed E-state index contributed by atoms with van der Waals surface area (Å²) < 4.78 is 2.45. The molecule has 2 heterocycles. The van der Waals surface area contributed by atoms with Gasteiger partial charge in [-0.1, -0.05) is 6.92 Å². The van der Waals surface area contributed by atoms with E-state index in [0.29, 0.717) is 0 Å². The Morgan fingerprint density at radius 3 is 2.79 bits per heavy atom. The maximum absolute atomic E-state index is 4.83. The molecule has 0 amide bonds. The van der Waals surface area contributed by atoms with Crippen LogP contribution in [0.15, 0.2) is 0 Å². The van der Waals surface area contributed by atoms with Gasteiger partial charge in [-0.05, 0) is 32.1 Å². The summed E-state index contributed by atoms with van der Waals surface area (Å²) in [5.41, 5.74) is 2.86. The summed E-state index contributed by atoms with van der Waals surface area (Å²) in [4.78, 5) is 4.83. The number of imidazole rings is 1. The lowest BCUT2D eigenvalue weighted by Crippen LogP contribution is -2.17. The number of hydrogen-bond donors (Lipinski definition) is 0. The predicted molar refractivity (Wildman–Crippen MR) is 56.4 cm³/mol. The highest BCUT2D eigenvalue weighted by atomic mass is 15.1. The van der Waals surface area contributed by atoms with Gasteiger partial charge in [-0.25, -0.2) is 4.98 Å². The lowest BCUT2D eigenvalue weighted by molar-refractivity contribution is 0.405. The molecule has 1 aliphatic carbocycles. The summed E-state index contributed by atoms with van der Waals surface area (Å²) in [5, 5.41) is 0. The second-order valence-electron chi connectivity index (χ2n) is 5.02. The van der Waals surface area contributed by atoms with Crippen molar-refractivity contribution in [2.45, 2.75) is 52.0 Å². The van der Waals surface area contributed by atoms with Crippen molar-refractivity contribution in [2.75, 3.05) is 0 Å². The Hall–Kier alpha value is -0.790. The molecule has 14 heavy (non-hydrogen) atoms. The molecule has 0 aromatic carbocycles. The topological polar surface area (TPSA) is 17.8 Å². The molecule has 0 radical (unpaired) electrons. The second-order valence-corrected chi connectivity index (χ2v) is 5.02. The largest absolute Gasteiger partial charge is 0.332 e. The Bertz CT molecular complexity index is 361. The molecule has 2 heteroatoms. The highest BCUT2D eigenvalue weighted by Crippen LogP contribution is 2.41. The van der Waals surface area contributed by atoms with Gasteiger partial charge in [0.1, 0.15) is 5.82 Å². The zero-order valence-electron chi connectivity index (χ0n) is 9.08. The van der Waals surface area contributed by atoms with Crippen LogP contribution in [0.4, 0.5) is 0 Å². The van der Waals surface area contributed by atoms with Gasteiger partial charge in [-0.3, -0.25) is 0 Å². The van der Waals surface area contributed by atoms with Crippen molar-refractivity contribution in [3.05, 3.63) is 17.2 Å². The highest BCUT2D eigenvalue weighted by molar-refractivity contribution is 5.24. The van der Waals surface area contributed by atoms with Crippen molar-refractivity contribution < 1.29 is 0 Å². The molecule has 0 saturated heterocycles. The van der Waals surface area contributed by atoms with Crippen LogP contribution < -0.4 is 0 Å². The average Bonchev–Trinajstić information content (AvgIpc) is 2.93. The van der Waals surface area contributed by atoms with E-state index in [1.165, 1.54) is 49.4 Å². The Balaban J connectivity index is 2.01. The minimum atomic E-state index is 0.809. The van der Waals surface area contributed by atoms with Gasteiger partial charge in [0.15, 0.2) is 0 Å². The molecule has 1 aliphatic heterocycles. The lowest BCUT2D eigenvalue weighted by Gasteiger charge is -2.20. The number of nitrogens with zero attached hydrogens (tertiary/aromatic N) is 2. The van der Waals surface area contributed by atoms with Gasteiger partial charge in [0.2, 0.25) is 0 Å². The molecule has 0 spiro atoms. The van der Waals surface area contributed by atoms with Crippen molar-refractivity contribution in [1.82, 2.24) is 9.55 Å². The van der Waals surface area contributed by atoms with Crippen LogP contribution in [0, 0.1) is 12.8 Å². The first-order valence-electron chi connectivity index (χ1n) is 5.81. The molecule has 0 bridgehead atoms. The van der Waals surface area contributed by atoms with Crippen molar-refractivity contribution in [1.29, 1.82) is 0 Å². The minimum Gasteiger partial charge on any atom is -0.332 e. The average molecular weight is 190 g/mol. The molecule has 2 aliphatic rings. The van der Waals surface area contributed by atoms with Crippen LogP contribution in [-0.2, 0) is 13.0 Å². The zero-order chi connectivity index (χ0) is 9.71. The smallest absolute Gasteiger partial charge is 0.109 e. The third kappa shape index (κ3) is 1.20. The summed E-state index contributed by atoms with van der Waals surface area (Å²) >= 11 is 0. The van der Waals surface area contributed by atoms with E-state index in [4.69, 9.17) is 4.98 Å². The van der Waals surface area contributed by atoms with Gasteiger partial charge in [0.05, 0.1) is 5.69 Å². The van der Waals surface area contributed by atoms with E-state index >= 15 is 0 Å². The molecule has 3 rings (SSSR count). The molecule has 1 atom stereocenters. The maximum Gasteiger partial charge on any atom is 0.109 e. The van der Waals surface area contributed by atoms with E-state index in [-0.39, 0.29) is 0 Å². The van der Waals surface area contributed by atoms with Crippen LogP contribution in [0.25, 0.3) is 0 Å². The first kappa shape index (κ1) is 8.51. The SMILES string of the molecule is Cc1c(C2CC2)nc2n1CCC(C)C2. The van der Waals surface area contributed by atoms with Gasteiger partial charge < -0.3 is 4.57 Å². The zero-order valence-corrected chi connectivity index (χ0v) is 9.08. The van der Waals surface area contributed by atoms with Gasteiger partial charge in [0.25, 0.3) is 0 Å². The first-order chi connectivity index (χ1) is 6.75. The van der Waals surface area contributed by atoms with Crippen molar-refractivity contribution in [2.24, 2.45) is 5.92 Å². The van der Waals surface area contributed by atoms with E-state index in [1.807, 2.05) is 0 Å². The molecule has 1 aromatic heterocycles. The summed E-state index contributed by atoms with van der Waals surface area (Å²) in [6, 6.07) is 0. The maximum atomic E-state index is 4.83. The fraction of sp³-hybridized carbons (Fsp3) is 0.750. The van der Waals surface area contributed by atoms with Crippen molar-refractivity contribution in [3.63, 3.8) is 0 Å². The van der Waals surface area contributed by atoms with E-state index in [1.54, 1.807) is 0 Å². The summed E-state index contributed by atoms with van der Waals surface area (Å²) in [6.07, 6.45) is 5.25. The molecule has 1 unspecified atom stereocenters. The third-order valence-electron chi connectivity index (χ3n) is 3.68. The number of rotatable bonds is 1. The first-order valence-corrected chi connectivity index (χ1v) is 5.81. The van der Waals surface area contributed by atoms with Gasteiger partial charge in [-0.2, -0.15) is 0 Å². The number of aromatic nitrogens is 2. The van der Waals surface area contributed by atoms with Crippen LogP contribution in [0.2, 0.25) is 0 Å². The molecule has 1 fully saturated rings. The van der Waals surface area contributed by atoms with Gasteiger partial charge >= 0.3 is 0 Å². The van der Waals surface area contributed by atoms with Crippen LogP contribution in [-0.4, -0.2) is 9.55 Å². The predicted octanol–water partition coefficient (Wildman–Crippen LogP) is 2.65. The number of hydrogen-bond acceptors (Lipinski definition) is 1. The van der Waals surface area contributed by atoms with Crippen LogP contribution in [0.5, 0.6) is 0 Å². The Kier molecular flexibility index (Phi) is 1.73. The van der Waals surface area contributed by atoms with E-state index in [9.17, 15) is 0 Å². The number of fused-ring (bicyclic) bond motifs is 1. The normalized spacial score (nSPS) is 26.3. The van der Waals surface area contributed by atoms with Gasteiger partial charge in [-0.15, -0.1) is 0 Å². The van der Waals surface area contributed by atoms with Crippen LogP contribution >= 0.6 is 0 Å². The highest BCUT2D eigenvalue weighted by Gasteiger charge is 2.31. The van der Waals surface area contributed by atoms with E-state index < -0.39 is 0 Å². The Morgan fingerprint density at radius 2 is 2.07 bits per heavy atom. The molecule has 76 valence electrons. The quantitative estimate of drug-likeness (QED) is 0.665. The van der Waals surface area contributed by atoms with Crippen LogP contribution in [0.3, 0.4) is 0 Å². The molecule has 0 N–H and O–H groups in total. The standard InChI is InChI=1S/C12H18N2/c1-8-5-6-14-9(2)12(10-3-4-10)13-11(14)7-8/h8,10H,3-7H2,1-2H3. The minimum absolute atomic E-state index is 0.809. The summed E-state index contributed by atoms with van der Waals surface area (Å²) in [6.45, 7) is 5.78. The second kappa shape index (κ2) is 2.85. The lowest BCUT2D eigenvalue weighted by atomic mass is 10.0. The van der Waals surface area contributed by atoms with Gasteiger partial charge in [0, 0.05) is 24.6 Å². The molecular weight excluding hydrogens is 172 g/mol. The Labute approximate surface area is 85.3 Å². The monoisotopic (exact) mass is 190 g/mol. The van der Waals surface area contributed by atoms with E-state index in [2.05, 4.69) is 18.4 Å². The van der Waals surface area contributed by atoms with Crippen molar-refractivity contribution >= 4 is 0 Å². The molecule has 2 nitrogen and oxygen atoms in total. The van der Waals surface area contributed by atoms with Crippen molar-refractivity contribution in [3.8, 4) is 0 Å². The third-order valence-corrected chi connectivity index (χ3v) is 3.68. The Morgan fingerprint density at radius 1 is 1.29 bits per heavy atom. The summed E-state index contributed by atoms with van der Waals surface area (Å²) in [5.74, 6) is 2.99. The fourth-order valence-corrected chi connectivity index (χ4v) is 2.57. The molecule has 1 saturated carbocycles. The van der Waals surface area contributed by atoms with E-state index in [0.717, 1.165) is 11.8 Å². The summed E-state index contributed by atoms with van der Waals surface area (Å²) in [7, 11) is 0. The van der Waals surface area contributed by atoms with Crippen LogP contribution in [0.1, 0.15) is 49.3 Å². The molecular formula is C12H18N2. The molecule has 1 aromatic rings.